The second kappa shape index (κ2) is 5.12. The molecule has 1 unspecified atom stereocenters. The van der Waals surface area contributed by atoms with Crippen molar-refractivity contribution in [1.29, 1.82) is 0 Å². The Morgan fingerprint density at radius 1 is 1.35 bits per heavy atom. The maximum Gasteiger partial charge on any atom is 0.275 e. The second-order valence-electron chi connectivity index (χ2n) is 5.54. The lowest BCUT2D eigenvalue weighted by Gasteiger charge is -2.33. The summed E-state index contributed by atoms with van der Waals surface area (Å²) < 4.78 is 4.46. The summed E-state index contributed by atoms with van der Waals surface area (Å²) in [6, 6.07) is 1.56. The van der Waals surface area contributed by atoms with Crippen LogP contribution < -0.4 is 0 Å². The van der Waals surface area contributed by atoms with Crippen molar-refractivity contribution in [2.75, 3.05) is 6.54 Å². The van der Waals surface area contributed by atoms with Gasteiger partial charge < -0.3 is 9.47 Å². The molecule has 1 amide bonds. The van der Waals surface area contributed by atoms with E-state index in [0.717, 1.165) is 16.1 Å². The molecule has 0 saturated heterocycles. The van der Waals surface area contributed by atoms with Gasteiger partial charge in [-0.1, -0.05) is 0 Å². The maximum atomic E-state index is 12.8. The van der Waals surface area contributed by atoms with Crippen LogP contribution in [0.1, 0.15) is 35.1 Å². The largest absolute Gasteiger partial charge is 0.325 e. The van der Waals surface area contributed by atoms with Crippen molar-refractivity contribution in [3.8, 4) is 0 Å². The van der Waals surface area contributed by atoms with Gasteiger partial charge in [-0.3, -0.25) is 4.79 Å². The number of fused-ring (bicyclic) bond motifs is 2. The summed E-state index contributed by atoms with van der Waals surface area (Å²) in [6.45, 7) is 5.19. The van der Waals surface area contributed by atoms with Gasteiger partial charge in [0.25, 0.3) is 5.91 Å². The van der Waals surface area contributed by atoms with Crippen molar-refractivity contribution >= 4 is 27.5 Å². The first-order chi connectivity index (χ1) is 11.0. The molecule has 23 heavy (non-hydrogen) atoms. The van der Waals surface area contributed by atoms with Crippen molar-refractivity contribution in [3.63, 3.8) is 0 Å². The molecule has 0 fully saturated rings. The topological polar surface area (TPSA) is 81.2 Å². The van der Waals surface area contributed by atoms with Crippen molar-refractivity contribution < 1.29 is 4.79 Å². The molecular weight excluding hydrogens is 362 g/mol. The van der Waals surface area contributed by atoms with Gasteiger partial charge in [0.05, 0.1) is 10.5 Å². The molecule has 0 spiro atoms. The monoisotopic (exact) mass is 375 g/mol. The van der Waals surface area contributed by atoms with E-state index in [1.807, 2.05) is 13.8 Å². The number of aryl methyl sites for hydroxylation is 1. The minimum Gasteiger partial charge on any atom is -0.325 e. The Bertz CT molecular complexity index is 915. The average molecular weight is 376 g/mol. The first-order valence-electron chi connectivity index (χ1n) is 7.26. The Balaban J connectivity index is 1.68. The fourth-order valence-electron chi connectivity index (χ4n) is 2.91. The zero-order valence-corrected chi connectivity index (χ0v) is 14.2. The third-order valence-corrected chi connectivity index (χ3v) is 4.54. The standard InChI is InChI=1S/C14H14BrN7O/c1-8-13-18-17-9(2)21(13)4-3-20(8)14(23)11-5-12-16-6-10(15)7-22(12)19-11/h5-8H,3-4H2,1-2H3. The van der Waals surface area contributed by atoms with Gasteiger partial charge in [-0.25, -0.2) is 9.50 Å². The number of amides is 1. The lowest BCUT2D eigenvalue weighted by molar-refractivity contribution is 0.0630. The summed E-state index contributed by atoms with van der Waals surface area (Å²) in [5.74, 6) is 1.57. The molecule has 0 radical (unpaired) electrons. The van der Waals surface area contributed by atoms with Crippen LogP contribution in [0.4, 0.5) is 0 Å². The molecule has 0 aromatic carbocycles. The first kappa shape index (κ1) is 14.3. The van der Waals surface area contributed by atoms with Gasteiger partial charge in [0, 0.05) is 31.5 Å². The van der Waals surface area contributed by atoms with Crippen molar-refractivity contribution in [1.82, 2.24) is 34.3 Å². The van der Waals surface area contributed by atoms with Gasteiger partial charge in [0.1, 0.15) is 5.82 Å². The Hall–Kier alpha value is -2.29. The van der Waals surface area contributed by atoms with E-state index in [2.05, 4.69) is 40.8 Å². The molecular formula is C14H14BrN7O. The van der Waals surface area contributed by atoms with E-state index in [-0.39, 0.29) is 11.9 Å². The van der Waals surface area contributed by atoms with Crippen molar-refractivity contribution in [2.24, 2.45) is 0 Å². The normalized spacial score (nSPS) is 17.5. The molecule has 4 heterocycles. The van der Waals surface area contributed by atoms with Crippen LogP contribution in [-0.4, -0.2) is 46.7 Å². The maximum absolute atomic E-state index is 12.8. The highest BCUT2D eigenvalue weighted by Crippen LogP contribution is 2.25. The lowest BCUT2D eigenvalue weighted by Crippen LogP contribution is -2.41. The van der Waals surface area contributed by atoms with Crippen LogP contribution >= 0.6 is 15.9 Å². The van der Waals surface area contributed by atoms with Gasteiger partial charge in [0.15, 0.2) is 17.2 Å². The number of carbonyl (C=O) groups is 1. The van der Waals surface area contributed by atoms with Gasteiger partial charge in [-0.15, -0.1) is 10.2 Å². The summed E-state index contributed by atoms with van der Waals surface area (Å²) in [5.41, 5.74) is 1.02. The van der Waals surface area contributed by atoms with Crippen LogP contribution in [0.2, 0.25) is 0 Å². The van der Waals surface area contributed by atoms with E-state index in [4.69, 9.17) is 0 Å². The van der Waals surface area contributed by atoms with Gasteiger partial charge in [-0.2, -0.15) is 5.10 Å². The van der Waals surface area contributed by atoms with Crippen LogP contribution in [-0.2, 0) is 6.54 Å². The van der Waals surface area contributed by atoms with Gasteiger partial charge in [0.2, 0.25) is 0 Å². The number of aromatic nitrogens is 6. The summed E-state index contributed by atoms with van der Waals surface area (Å²) in [7, 11) is 0. The van der Waals surface area contributed by atoms with Crippen LogP contribution in [0.15, 0.2) is 22.9 Å². The van der Waals surface area contributed by atoms with E-state index in [0.29, 0.717) is 24.4 Å². The molecule has 1 aliphatic heterocycles. The summed E-state index contributed by atoms with van der Waals surface area (Å²) in [5, 5.41) is 12.6. The Morgan fingerprint density at radius 3 is 3.00 bits per heavy atom. The summed E-state index contributed by atoms with van der Waals surface area (Å²) in [6.07, 6.45) is 3.46. The van der Waals surface area contributed by atoms with E-state index in [1.165, 1.54) is 0 Å². The molecule has 4 rings (SSSR count). The molecule has 0 N–H and O–H groups in total. The van der Waals surface area contributed by atoms with E-state index >= 15 is 0 Å². The number of hydrogen-bond acceptors (Lipinski definition) is 5. The molecule has 0 bridgehead atoms. The number of hydrogen-bond donors (Lipinski definition) is 0. The Labute approximate surface area is 140 Å². The van der Waals surface area contributed by atoms with Gasteiger partial charge >= 0.3 is 0 Å². The molecule has 118 valence electrons. The third-order valence-electron chi connectivity index (χ3n) is 4.13. The molecule has 9 heteroatoms. The van der Waals surface area contributed by atoms with E-state index in [1.54, 1.807) is 27.9 Å². The van der Waals surface area contributed by atoms with E-state index < -0.39 is 0 Å². The molecule has 3 aromatic heterocycles. The van der Waals surface area contributed by atoms with Crippen LogP contribution in [0.25, 0.3) is 5.65 Å². The minimum atomic E-state index is -0.137. The fraction of sp³-hybridized carbons (Fsp3) is 0.357. The van der Waals surface area contributed by atoms with Crippen LogP contribution in [0.5, 0.6) is 0 Å². The second-order valence-corrected chi connectivity index (χ2v) is 6.45. The van der Waals surface area contributed by atoms with E-state index in [9.17, 15) is 4.79 Å². The quantitative estimate of drug-likeness (QED) is 0.645. The third kappa shape index (κ3) is 2.23. The molecule has 0 saturated carbocycles. The highest BCUT2D eigenvalue weighted by Gasteiger charge is 2.32. The van der Waals surface area contributed by atoms with Gasteiger partial charge in [-0.05, 0) is 29.8 Å². The highest BCUT2D eigenvalue weighted by atomic mass is 79.9. The number of carbonyl (C=O) groups excluding carboxylic acids is 1. The van der Waals surface area contributed by atoms with Crippen LogP contribution in [0.3, 0.4) is 0 Å². The summed E-state index contributed by atoms with van der Waals surface area (Å²) in [4.78, 5) is 18.9. The Morgan fingerprint density at radius 2 is 2.17 bits per heavy atom. The first-order valence-corrected chi connectivity index (χ1v) is 8.05. The number of halogens is 1. The molecule has 0 aliphatic carbocycles. The SMILES string of the molecule is Cc1nnc2n1CCN(C(=O)c1cc3ncc(Br)cn3n1)C2C. The molecule has 1 aliphatic rings. The predicted molar refractivity (Wildman–Crippen MR) is 84.9 cm³/mol. The molecule has 1 atom stereocenters. The average Bonchev–Trinajstić information content (AvgIpc) is 3.11. The van der Waals surface area contributed by atoms with Crippen molar-refractivity contribution in [2.45, 2.75) is 26.4 Å². The zero-order chi connectivity index (χ0) is 16.1. The zero-order valence-electron chi connectivity index (χ0n) is 12.6. The molecule has 3 aromatic rings. The number of nitrogens with zero attached hydrogens (tertiary/aromatic N) is 7. The predicted octanol–water partition coefficient (Wildman–Crippen LogP) is 1.61. The lowest BCUT2D eigenvalue weighted by atomic mass is 10.2. The summed E-state index contributed by atoms with van der Waals surface area (Å²) >= 11 is 3.35. The minimum absolute atomic E-state index is 0.119. The molecule has 8 nitrogen and oxygen atoms in total. The highest BCUT2D eigenvalue weighted by molar-refractivity contribution is 9.10. The fourth-order valence-corrected chi connectivity index (χ4v) is 3.20. The number of rotatable bonds is 1. The Kier molecular flexibility index (Phi) is 3.19. The van der Waals surface area contributed by atoms with Crippen molar-refractivity contribution in [3.05, 3.63) is 40.3 Å². The van der Waals surface area contributed by atoms with Crippen LogP contribution in [0, 0.1) is 6.92 Å². The smallest absolute Gasteiger partial charge is 0.275 e.